The van der Waals surface area contributed by atoms with Crippen molar-refractivity contribution in [2.24, 2.45) is 0 Å². The second-order valence-corrected chi connectivity index (χ2v) is 2.74. The maximum atomic E-state index is 8.55. The molecular weight excluding hydrogens is 122 g/mol. The Morgan fingerprint density at radius 1 is 1.40 bits per heavy atom. The van der Waals surface area contributed by atoms with Crippen LogP contribution in [-0.4, -0.2) is 0 Å². The topological polar surface area (TPSA) is 23.8 Å². The lowest BCUT2D eigenvalue weighted by molar-refractivity contribution is 0.910. The van der Waals surface area contributed by atoms with Crippen molar-refractivity contribution < 1.29 is 0 Å². The van der Waals surface area contributed by atoms with E-state index < -0.39 is 0 Å². The van der Waals surface area contributed by atoms with Gasteiger partial charge in [-0.2, -0.15) is 5.26 Å². The number of nitriles is 1. The molecule has 1 heteroatoms. The zero-order valence-corrected chi connectivity index (χ0v) is 6.44. The van der Waals surface area contributed by atoms with E-state index in [0.29, 0.717) is 0 Å². The van der Waals surface area contributed by atoms with Crippen LogP contribution in [0.25, 0.3) is 0 Å². The molecule has 1 aliphatic carbocycles. The van der Waals surface area contributed by atoms with Crippen LogP contribution in [0, 0.1) is 11.3 Å². The molecular formula is C9H11N. The van der Waals surface area contributed by atoms with Gasteiger partial charge in [-0.05, 0) is 32.8 Å². The third kappa shape index (κ3) is 1.27. The number of nitrogens with zero attached hydrogens (tertiary/aromatic N) is 1. The van der Waals surface area contributed by atoms with Crippen molar-refractivity contribution in [3.05, 3.63) is 22.8 Å². The Kier molecular flexibility index (Phi) is 1.91. The first kappa shape index (κ1) is 7.08. The Labute approximate surface area is 61.7 Å². The molecule has 0 N–H and O–H groups in total. The molecule has 0 saturated heterocycles. The normalized spacial score (nSPS) is 18.3. The van der Waals surface area contributed by atoms with Crippen molar-refractivity contribution in [1.82, 2.24) is 0 Å². The third-order valence-corrected chi connectivity index (χ3v) is 1.98. The molecule has 1 aliphatic rings. The SMILES string of the molecule is CC1=C(C)CCC(C#N)=C1. The first-order valence-corrected chi connectivity index (χ1v) is 3.51. The monoisotopic (exact) mass is 133 g/mol. The largest absolute Gasteiger partial charge is 0.193 e. The van der Waals surface area contributed by atoms with E-state index in [-0.39, 0.29) is 0 Å². The van der Waals surface area contributed by atoms with Crippen LogP contribution in [0.15, 0.2) is 22.8 Å². The Bertz CT molecular complexity index is 238. The minimum atomic E-state index is 0.920. The molecule has 0 aromatic rings. The zero-order chi connectivity index (χ0) is 7.56. The minimum Gasteiger partial charge on any atom is -0.193 e. The highest BCUT2D eigenvalue weighted by Crippen LogP contribution is 2.22. The summed E-state index contributed by atoms with van der Waals surface area (Å²) in [6.07, 6.45) is 3.98. The van der Waals surface area contributed by atoms with Crippen molar-refractivity contribution in [2.75, 3.05) is 0 Å². The van der Waals surface area contributed by atoms with Crippen molar-refractivity contribution >= 4 is 0 Å². The summed E-state index contributed by atoms with van der Waals surface area (Å²) in [5, 5.41) is 8.55. The molecule has 0 atom stereocenters. The van der Waals surface area contributed by atoms with E-state index in [2.05, 4.69) is 19.9 Å². The molecule has 0 spiro atoms. The third-order valence-electron chi connectivity index (χ3n) is 1.98. The summed E-state index contributed by atoms with van der Waals surface area (Å²) >= 11 is 0. The van der Waals surface area contributed by atoms with Gasteiger partial charge in [0.05, 0.1) is 6.07 Å². The lowest BCUT2D eigenvalue weighted by Gasteiger charge is -2.09. The van der Waals surface area contributed by atoms with Gasteiger partial charge in [-0.25, -0.2) is 0 Å². The second kappa shape index (κ2) is 2.70. The molecule has 0 heterocycles. The predicted octanol–water partition coefficient (Wildman–Crippen LogP) is 2.57. The van der Waals surface area contributed by atoms with E-state index in [1.54, 1.807) is 0 Å². The van der Waals surface area contributed by atoms with Gasteiger partial charge in [0.1, 0.15) is 0 Å². The molecule has 0 amide bonds. The number of allylic oxidation sites excluding steroid dienone is 4. The van der Waals surface area contributed by atoms with Crippen molar-refractivity contribution in [3.63, 3.8) is 0 Å². The van der Waals surface area contributed by atoms with Gasteiger partial charge in [-0.15, -0.1) is 0 Å². The first-order valence-electron chi connectivity index (χ1n) is 3.51. The fourth-order valence-electron chi connectivity index (χ4n) is 1.06. The molecule has 0 aromatic heterocycles. The van der Waals surface area contributed by atoms with Gasteiger partial charge < -0.3 is 0 Å². The van der Waals surface area contributed by atoms with Crippen LogP contribution < -0.4 is 0 Å². The lowest BCUT2D eigenvalue weighted by Crippen LogP contribution is -1.92. The average Bonchev–Trinajstić information content (AvgIpc) is 1.95. The summed E-state index contributed by atoms with van der Waals surface area (Å²) in [6.45, 7) is 4.19. The fraction of sp³-hybridized carbons (Fsp3) is 0.444. The Morgan fingerprint density at radius 2 is 2.10 bits per heavy atom. The summed E-state index contributed by atoms with van der Waals surface area (Å²) in [7, 11) is 0. The Balaban J connectivity index is 2.89. The van der Waals surface area contributed by atoms with Gasteiger partial charge in [-0.3, -0.25) is 0 Å². The van der Waals surface area contributed by atoms with Crippen molar-refractivity contribution in [2.45, 2.75) is 26.7 Å². The Morgan fingerprint density at radius 3 is 2.60 bits per heavy atom. The van der Waals surface area contributed by atoms with Crippen LogP contribution in [0.5, 0.6) is 0 Å². The van der Waals surface area contributed by atoms with Gasteiger partial charge in [0, 0.05) is 5.57 Å². The lowest BCUT2D eigenvalue weighted by atomic mass is 9.95. The van der Waals surface area contributed by atoms with Crippen LogP contribution in [0.4, 0.5) is 0 Å². The highest BCUT2D eigenvalue weighted by molar-refractivity contribution is 5.37. The summed E-state index contributed by atoms with van der Waals surface area (Å²) in [6, 6.07) is 2.18. The highest BCUT2D eigenvalue weighted by atomic mass is 14.3. The van der Waals surface area contributed by atoms with Crippen molar-refractivity contribution in [3.8, 4) is 6.07 Å². The highest BCUT2D eigenvalue weighted by Gasteiger charge is 2.05. The number of hydrogen-bond acceptors (Lipinski definition) is 1. The average molecular weight is 133 g/mol. The quantitative estimate of drug-likeness (QED) is 0.498. The van der Waals surface area contributed by atoms with E-state index in [9.17, 15) is 0 Å². The van der Waals surface area contributed by atoms with Crippen LogP contribution in [0.1, 0.15) is 26.7 Å². The molecule has 1 rings (SSSR count). The summed E-state index contributed by atoms with van der Waals surface area (Å²) < 4.78 is 0. The van der Waals surface area contributed by atoms with Crippen LogP contribution in [0.2, 0.25) is 0 Å². The molecule has 52 valence electrons. The van der Waals surface area contributed by atoms with Crippen LogP contribution in [-0.2, 0) is 0 Å². The number of rotatable bonds is 0. The van der Waals surface area contributed by atoms with Gasteiger partial charge in [0.2, 0.25) is 0 Å². The molecule has 0 aliphatic heterocycles. The Hall–Kier alpha value is -1.03. The molecule has 0 saturated carbocycles. The van der Waals surface area contributed by atoms with Gasteiger partial charge in [0.25, 0.3) is 0 Å². The molecule has 0 aromatic carbocycles. The first-order chi connectivity index (χ1) is 4.74. The van der Waals surface area contributed by atoms with Gasteiger partial charge in [0.15, 0.2) is 0 Å². The fourth-order valence-corrected chi connectivity index (χ4v) is 1.06. The molecule has 0 bridgehead atoms. The zero-order valence-electron chi connectivity index (χ0n) is 6.44. The minimum absolute atomic E-state index is 0.920. The summed E-state index contributed by atoms with van der Waals surface area (Å²) in [5.41, 5.74) is 3.60. The van der Waals surface area contributed by atoms with E-state index >= 15 is 0 Å². The van der Waals surface area contributed by atoms with E-state index in [1.165, 1.54) is 11.1 Å². The van der Waals surface area contributed by atoms with E-state index in [0.717, 1.165) is 18.4 Å². The van der Waals surface area contributed by atoms with Gasteiger partial charge >= 0.3 is 0 Å². The molecule has 0 fully saturated rings. The molecule has 0 unspecified atom stereocenters. The molecule has 0 radical (unpaired) electrons. The number of hydrogen-bond donors (Lipinski definition) is 0. The maximum absolute atomic E-state index is 8.55. The standard InChI is InChI=1S/C9H11N/c1-7-3-4-9(6-10)5-8(7)2/h5H,3-4H2,1-2H3. The van der Waals surface area contributed by atoms with Crippen molar-refractivity contribution in [1.29, 1.82) is 5.26 Å². The second-order valence-electron chi connectivity index (χ2n) is 2.74. The molecule has 10 heavy (non-hydrogen) atoms. The van der Waals surface area contributed by atoms with Crippen LogP contribution >= 0.6 is 0 Å². The maximum Gasteiger partial charge on any atom is 0.0947 e. The van der Waals surface area contributed by atoms with Crippen LogP contribution in [0.3, 0.4) is 0 Å². The van der Waals surface area contributed by atoms with Gasteiger partial charge in [-0.1, -0.05) is 11.1 Å². The summed E-state index contributed by atoms with van der Waals surface area (Å²) in [5.74, 6) is 0. The van der Waals surface area contributed by atoms with E-state index in [1.807, 2.05) is 6.08 Å². The van der Waals surface area contributed by atoms with E-state index in [4.69, 9.17) is 5.26 Å². The predicted molar refractivity (Wildman–Crippen MR) is 41.3 cm³/mol. The smallest absolute Gasteiger partial charge is 0.0947 e. The summed E-state index contributed by atoms with van der Waals surface area (Å²) in [4.78, 5) is 0. The molecule has 1 nitrogen and oxygen atoms in total.